The Morgan fingerprint density at radius 3 is 2.55 bits per heavy atom. The topological polar surface area (TPSA) is 92.3 Å². The Bertz CT molecular complexity index is 576. The zero-order valence-corrected chi connectivity index (χ0v) is 13.1. The van der Waals surface area contributed by atoms with E-state index >= 15 is 0 Å². The Morgan fingerprint density at radius 1 is 1.40 bits per heavy atom. The molecule has 7 nitrogen and oxygen atoms in total. The molecule has 112 valence electrons. The van der Waals surface area contributed by atoms with Crippen LogP contribution in [0.25, 0.3) is 0 Å². The second-order valence-corrected chi connectivity index (χ2v) is 7.82. The van der Waals surface area contributed by atoms with Crippen molar-refractivity contribution in [2.45, 2.75) is 26.2 Å². The number of carbonyl (C=O) groups is 1. The van der Waals surface area contributed by atoms with Gasteiger partial charge in [-0.15, -0.1) is 10.2 Å². The van der Waals surface area contributed by atoms with Crippen LogP contribution < -0.4 is 5.32 Å². The third-order valence-corrected chi connectivity index (χ3v) is 5.58. The zero-order valence-electron chi connectivity index (χ0n) is 11.5. The molecule has 1 N–H and O–H groups in total. The normalized spacial score (nSPS) is 18.1. The molecule has 1 aromatic heterocycles. The van der Waals surface area contributed by atoms with Gasteiger partial charge in [0.25, 0.3) is 0 Å². The number of anilines is 1. The summed E-state index contributed by atoms with van der Waals surface area (Å²) in [5.41, 5.74) is 0. The van der Waals surface area contributed by atoms with Crippen LogP contribution >= 0.6 is 11.3 Å². The van der Waals surface area contributed by atoms with Gasteiger partial charge in [0, 0.05) is 19.0 Å². The maximum absolute atomic E-state index is 12.1. The third-order valence-electron chi connectivity index (χ3n) is 3.29. The lowest BCUT2D eigenvalue weighted by Crippen LogP contribution is -2.40. The molecule has 1 fully saturated rings. The van der Waals surface area contributed by atoms with Gasteiger partial charge >= 0.3 is 0 Å². The first-order chi connectivity index (χ1) is 9.40. The van der Waals surface area contributed by atoms with Crippen LogP contribution in [0, 0.1) is 5.92 Å². The molecule has 0 saturated carbocycles. The zero-order chi connectivity index (χ0) is 14.8. The minimum atomic E-state index is -3.15. The minimum Gasteiger partial charge on any atom is -0.300 e. The number of carbonyl (C=O) groups excluding carboxylic acids is 1. The summed E-state index contributed by atoms with van der Waals surface area (Å²) < 4.78 is 24.2. The SMILES string of the molecule is CCc1nnc(NC(=O)C2CCN(S(C)(=O)=O)CC2)s1. The summed E-state index contributed by atoms with van der Waals surface area (Å²) in [7, 11) is -3.15. The van der Waals surface area contributed by atoms with Gasteiger partial charge in [-0.25, -0.2) is 12.7 Å². The van der Waals surface area contributed by atoms with Gasteiger partial charge in [-0.1, -0.05) is 18.3 Å². The number of aryl methyl sites for hydroxylation is 1. The molecule has 1 aliphatic heterocycles. The number of hydrogen-bond donors (Lipinski definition) is 1. The van der Waals surface area contributed by atoms with E-state index in [0.717, 1.165) is 11.4 Å². The lowest BCUT2D eigenvalue weighted by Gasteiger charge is -2.29. The van der Waals surface area contributed by atoms with Crippen LogP contribution in [0.15, 0.2) is 0 Å². The van der Waals surface area contributed by atoms with Gasteiger partial charge < -0.3 is 5.32 Å². The fourth-order valence-electron chi connectivity index (χ4n) is 2.10. The van der Waals surface area contributed by atoms with E-state index in [1.54, 1.807) is 0 Å². The van der Waals surface area contributed by atoms with Crippen molar-refractivity contribution in [3.63, 3.8) is 0 Å². The number of piperidine rings is 1. The lowest BCUT2D eigenvalue weighted by molar-refractivity contribution is -0.120. The van der Waals surface area contributed by atoms with Gasteiger partial charge in [0.05, 0.1) is 6.26 Å². The summed E-state index contributed by atoms with van der Waals surface area (Å²) >= 11 is 1.37. The number of amides is 1. The number of hydrogen-bond acceptors (Lipinski definition) is 6. The summed E-state index contributed by atoms with van der Waals surface area (Å²) in [5.74, 6) is -0.265. The number of sulfonamides is 1. The monoisotopic (exact) mass is 318 g/mol. The van der Waals surface area contributed by atoms with Crippen molar-refractivity contribution in [3.8, 4) is 0 Å². The highest BCUT2D eigenvalue weighted by atomic mass is 32.2. The standard InChI is InChI=1S/C11H18N4O3S2/c1-3-9-13-14-11(19-9)12-10(16)8-4-6-15(7-5-8)20(2,17)18/h8H,3-7H2,1-2H3,(H,12,14,16). The molecule has 0 unspecified atom stereocenters. The Kier molecular flexibility index (Phi) is 4.71. The van der Waals surface area contributed by atoms with Gasteiger partial charge in [0.2, 0.25) is 21.1 Å². The predicted molar refractivity (Wildman–Crippen MR) is 77.1 cm³/mol. The molecule has 1 aromatic rings. The molecule has 20 heavy (non-hydrogen) atoms. The highest BCUT2D eigenvalue weighted by Crippen LogP contribution is 2.22. The average Bonchev–Trinajstić information content (AvgIpc) is 2.85. The maximum Gasteiger partial charge on any atom is 0.229 e. The van der Waals surface area contributed by atoms with Gasteiger partial charge in [-0.3, -0.25) is 4.79 Å². The third kappa shape index (κ3) is 3.74. The first-order valence-corrected chi connectivity index (χ1v) is 9.15. The van der Waals surface area contributed by atoms with Crippen molar-refractivity contribution in [1.29, 1.82) is 0 Å². The van der Waals surface area contributed by atoms with Crippen LogP contribution in [-0.2, 0) is 21.2 Å². The van der Waals surface area contributed by atoms with E-state index in [1.165, 1.54) is 21.9 Å². The molecule has 0 radical (unpaired) electrons. The molecule has 9 heteroatoms. The molecule has 2 rings (SSSR count). The summed E-state index contributed by atoms with van der Waals surface area (Å²) in [4.78, 5) is 12.1. The molecular formula is C11H18N4O3S2. The van der Waals surface area contributed by atoms with Crippen molar-refractivity contribution in [2.24, 2.45) is 5.92 Å². The van der Waals surface area contributed by atoms with Crippen LogP contribution in [0.2, 0.25) is 0 Å². The van der Waals surface area contributed by atoms with E-state index < -0.39 is 10.0 Å². The highest BCUT2D eigenvalue weighted by Gasteiger charge is 2.29. The summed E-state index contributed by atoms with van der Waals surface area (Å²) in [5, 5.41) is 12.0. The molecular weight excluding hydrogens is 300 g/mol. The molecule has 1 saturated heterocycles. The number of aromatic nitrogens is 2. The Hall–Kier alpha value is -1.06. The second kappa shape index (κ2) is 6.15. The summed E-state index contributed by atoms with van der Waals surface area (Å²) in [6.07, 6.45) is 3.07. The lowest BCUT2D eigenvalue weighted by atomic mass is 9.97. The molecule has 0 bridgehead atoms. The Labute approximate surface area is 122 Å². The molecule has 0 atom stereocenters. The molecule has 1 amide bonds. The Morgan fingerprint density at radius 2 is 2.05 bits per heavy atom. The van der Waals surface area contributed by atoms with E-state index in [9.17, 15) is 13.2 Å². The van der Waals surface area contributed by atoms with E-state index in [0.29, 0.717) is 31.1 Å². The fraction of sp³-hybridized carbons (Fsp3) is 0.727. The summed E-state index contributed by atoms with van der Waals surface area (Å²) in [6.45, 7) is 2.77. The van der Waals surface area contributed by atoms with Crippen LogP contribution in [0.1, 0.15) is 24.8 Å². The van der Waals surface area contributed by atoms with E-state index in [1.807, 2.05) is 6.92 Å². The van der Waals surface area contributed by atoms with Crippen LogP contribution in [-0.4, -0.2) is 48.2 Å². The van der Waals surface area contributed by atoms with Crippen molar-refractivity contribution in [1.82, 2.24) is 14.5 Å². The van der Waals surface area contributed by atoms with Crippen LogP contribution in [0.5, 0.6) is 0 Å². The first-order valence-electron chi connectivity index (χ1n) is 6.48. The molecule has 1 aliphatic rings. The number of nitrogens with one attached hydrogen (secondary N) is 1. The molecule has 0 aliphatic carbocycles. The second-order valence-electron chi connectivity index (χ2n) is 4.78. The minimum absolute atomic E-state index is 0.100. The highest BCUT2D eigenvalue weighted by molar-refractivity contribution is 7.88. The van der Waals surface area contributed by atoms with Crippen LogP contribution in [0.4, 0.5) is 5.13 Å². The quantitative estimate of drug-likeness (QED) is 0.882. The van der Waals surface area contributed by atoms with Gasteiger partial charge in [0.15, 0.2) is 0 Å². The molecule has 0 aromatic carbocycles. The number of nitrogens with zero attached hydrogens (tertiary/aromatic N) is 3. The van der Waals surface area contributed by atoms with E-state index in [4.69, 9.17) is 0 Å². The van der Waals surface area contributed by atoms with Crippen molar-refractivity contribution in [3.05, 3.63) is 5.01 Å². The fourth-order valence-corrected chi connectivity index (χ4v) is 3.66. The van der Waals surface area contributed by atoms with Gasteiger partial charge in [0.1, 0.15) is 5.01 Å². The maximum atomic E-state index is 12.1. The predicted octanol–water partition coefficient (Wildman–Crippen LogP) is 0.711. The summed E-state index contributed by atoms with van der Waals surface area (Å²) in [6, 6.07) is 0. The van der Waals surface area contributed by atoms with E-state index in [2.05, 4.69) is 15.5 Å². The Balaban J connectivity index is 1.89. The van der Waals surface area contributed by atoms with Gasteiger partial charge in [-0.05, 0) is 19.3 Å². The van der Waals surface area contributed by atoms with Crippen molar-refractivity contribution in [2.75, 3.05) is 24.7 Å². The molecule has 2 heterocycles. The average molecular weight is 318 g/mol. The largest absolute Gasteiger partial charge is 0.300 e. The van der Waals surface area contributed by atoms with Gasteiger partial charge in [-0.2, -0.15) is 0 Å². The van der Waals surface area contributed by atoms with Crippen molar-refractivity contribution < 1.29 is 13.2 Å². The number of rotatable bonds is 4. The van der Waals surface area contributed by atoms with Crippen LogP contribution in [0.3, 0.4) is 0 Å². The van der Waals surface area contributed by atoms with Crippen molar-refractivity contribution >= 4 is 32.4 Å². The molecule has 0 spiro atoms. The van der Waals surface area contributed by atoms with E-state index in [-0.39, 0.29) is 11.8 Å². The first kappa shape index (κ1) is 15.3. The smallest absolute Gasteiger partial charge is 0.229 e.